The molecule has 9 heterocycles. The van der Waals surface area contributed by atoms with Gasteiger partial charge in [0, 0.05) is 35.9 Å². The Morgan fingerprint density at radius 2 is 0.775 bits per heavy atom. The van der Waals surface area contributed by atoms with Crippen LogP contribution in [-0.2, 0) is 18.9 Å². The lowest BCUT2D eigenvalue weighted by molar-refractivity contribution is -0.766. The smallest absolute Gasteiger partial charge is 0.349 e. The van der Waals surface area contributed by atoms with E-state index in [9.17, 15) is 85.3 Å². The van der Waals surface area contributed by atoms with E-state index in [1.165, 1.54) is 135 Å². The van der Waals surface area contributed by atoms with Crippen LogP contribution in [0, 0.1) is 0 Å². The molecule has 89 heavy (non-hydrogen) atoms. The van der Waals surface area contributed by atoms with E-state index in [2.05, 4.69) is 0 Å². The number of aliphatic hydroxyl groups excluding tert-OH is 12. The van der Waals surface area contributed by atoms with Crippen LogP contribution in [0.25, 0.3) is 22.3 Å². The molecule has 4 aliphatic rings. The van der Waals surface area contributed by atoms with Crippen LogP contribution < -0.4 is 42.6 Å². The first-order valence-electron chi connectivity index (χ1n) is 27.5. The van der Waals surface area contributed by atoms with Gasteiger partial charge in [-0.15, -0.1) is 0 Å². The largest absolute Gasteiger partial charge is 0.452 e. The summed E-state index contributed by atoms with van der Waals surface area (Å²) < 4.78 is 57.2. The summed E-state index contributed by atoms with van der Waals surface area (Å²) in [6.45, 7) is -2.55. The summed E-state index contributed by atoms with van der Waals surface area (Å²) in [5.74, 6) is -7.05. The lowest BCUT2D eigenvalue weighted by Gasteiger charge is -2.15. The molecule has 2 aromatic carbocycles. The van der Waals surface area contributed by atoms with Gasteiger partial charge in [-0.3, -0.25) is 4.79 Å². The predicted molar refractivity (Wildman–Crippen MR) is 286 cm³/mol. The molecular weight excluding hydrogens is 1180 g/mol. The first-order valence-corrected chi connectivity index (χ1v) is 27.5. The van der Waals surface area contributed by atoms with Crippen LogP contribution in [0.1, 0.15) is 66.3 Å². The third-order valence-corrected chi connectivity index (χ3v) is 15.3. The van der Waals surface area contributed by atoms with Gasteiger partial charge in [0.15, 0.2) is 91.2 Å². The zero-order valence-electron chi connectivity index (χ0n) is 46.1. The molecule has 7 aromatic rings. The summed E-state index contributed by atoms with van der Waals surface area (Å²) in [4.78, 5) is 71.4. The fourth-order valence-corrected chi connectivity index (χ4v) is 10.5. The number of pyridine rings is 4. The maximum Gasteiger partial charge on any atom is 0.349 e. The zero-order chi connectivity index (χ0) is 63.1. The van der Waals surface area contributed by atoms with Crippen molar-refractivity contribution in [3.63, 3.8) is 0 Å². The average molecular weight is 1240 g/mol. The third kappa shape index (κ3) is 12.2. The molecule has 12 N–H and O–H groups in total. The molecule has 0 saturated carbocycles. The number of fused-ring (bicyclic) bond motifs is 1. The highest BCUT2D eigenvalue weighted by Crippen LogP contribution is 2.39. The Morgan fingerprint density at radius 3 is 1.15 bits per heavy atom. The molecule has 11 rings (SSSR count). The van der Waals surface area contributed by atoms with Gasteiger partial charge in [-0.1, -0.05) is 0 Å². The van der Waals surface area contributed by atoms with Gasteiger partial charge in [-0.2, -0.15) is 18.3 Å². The molecule has 466 valence electrons. The van der Waals surface area contributed by atoms with Crippen molar-refractivity contribution < 1.29 is 141 Å². The summed E-state index contributed by atoms with van der Waals surface area (Å²) >= 11 is 0. The van der Waals surface area contributed by atoms with Gasteiger partial charge in [-0.25, -0.2) is 19.2 Å². The second-order valence-corrected chi connectivity index (χ2v) is 21.0. The highest BCUT2D eigenvalue weighted by atomic mass is 16.6. The van der Waals surface area contributed by atoms with Crippen LogP contribution in [0.2, 0.25) is 0 Å². The van der Waals surface area contributed by atoms with Gasteiger partial charge in [0.25, 0.3) is 24.9 Å². The number of carbonyl (C=O) groups excluding carboxylic acids is 4. The number of ether oxygens (including phenoxy) is 8. The number of carbonyl (C=O) groups is 4. The topological polar surface area (TPSA) is 431 Å². The Bertz CT molecular complexity index is 3890. The molecule has 0 amide bonds. The van der Waals surface area contributed by atoms with Gasteiger partial charge in [0.05, 0.1) is 31.8 Å². The van der Waals surface area contributed by atoms with Crippen molar-refractivity contribution in [1.29, 1.82) is 0 Å². The Labute approximate surface area is 500 Å². The average Bonchev–Trinajstić information content (AvgIpc) is 1.99. The minimum Gasteiger partial charge on any atom is -0.452 e. The maximum absolute atomic E-state index is 14.9. The molecule has 30 nitrogen and oxygen atoms in total. The van der Waals surface area contributed by atoms with Gasteiger partial charge in [0.2, 0.25) is 11.2 Å². The Balaban J connectivity index is 0.982. The van der Waals surface area contributed by atoms with Crippen molar-refractivity contribution in [1.82, 2.24) is 0 Å². The van der Waals surface area contributed by atoms with Gasteiger partial charge >= 0.3 is 23.9 Å². The van der Waals surface area contributed by atoms with E-state index < -0.39 is 177 Å². The number of aliphatic hydroxyl groups is 12. The summed E-state index contributed by atoms with van der Waals surface area (Å²) in [5, 5.41) is 123. The summed E-state index contributed by atoms with van der Waals surface area (Å²) in [6, 6.07) is 17.8. The molecule has 16 atom stereocenters. The summed E-state index contributed by atoms with van der Waals surface area (Å²) in [6.07, 6.45) is -11.4. The lowest BCUT2D eigenvalue weighted by Crippen LogP contribution is -2.46. The SMILES string of the molecule is O=C(Oc1ccc2c(=O)c(OC(=O)c3ccc[n+](C4O[C@H](CO)[C@@H](O)[C@H]4O)c3)c(-c3ccc(OC(=O)c4ccc[n+](C5O[C@H](CO)[C@@H](O)[C@H]5O)c4)c(OC(=O)c4ccc[n+](C5O[C@H](CO)[C@@H](O)[C@H]5O)c4)c3)oc2c1)c1ccc[n+](C2O[C@H](CO)[C@@H](O)[C@H]2O)c1. The molecule has 4 aliphatic heterocycles. The molecular formula is C59H58N4O26+4. The van der Waals surface area contributed by atoms with Crippen molar-refractivity contribution in [3.05, 3.63) is 167 Å². The van der Waals surface area contributed by atoms with E-state index in [-0.39, 0.29) is 44.5 Å². The van der Waals surface area contributed by atoms with E-state index in [0.717, 1.165) is 18.2 Å². The Kier molecular flexibility index (Phi) is 18.1. The number of rotatable bonds is 17. The number of nitrogens with zero attached hydrogens (tertiary/aromatic N) is 4. The third-order valence-electron chi connectivity index (χ3n) is 15.3. The van der Waals surface area contributed by atoms with Crippen molar-refractivity contribution in [2.75, 3.05) is 26.4 Å². The highest BCUT2D eigenvalue weighted by molar-refractivity contribution is 5.95. The van der Waals surface area contributed by atoms with Gasteiger partial charge in [-0.05, 0) is 54.6 Å². The van der Waals surface area contributed by atoms with E-state index in [4.69, 9.17) is 42.3 Å². The molecule has 0 radical (unpaired) electrons. The van der Waals surface area contributed by atoms with E-state index in [1.807, 2.05) is 0 Å². The first kappa shape index (κ1) is 62.1. The quantitative estimate of drug-likeness (QED) is 0.0234. The van der Waals surface area contributed by atoms with Gasteiger partial charge < -0.3 is 104 Å². The Hall–Kier alpha value is -8.51. The first-order chi connectivity index (χ1) is 42.8. The van der Waals surface area contributed by atoms with E-state index in [1.54, 1.807) is 0 Å². The molecule has 30 heteroatoms. The minimum atomic E-state index is -1.57. The van der Waals surface area contributed by atoms with Gasteiger partial charge in [0.1, 0.15) is 82.4 Å². The van der Waals surface area contributed by atoms with Crippen LogP contribution in [0.15, 0.2) is 144 Å². The molecule has 0 bridgehead atoms. The highest BCUT2D eigenvalue weighted by Gasteiger charge is 2.51. The van der Waals surface area contributed by atoms with Crippen LogP contribution in [0.4, 0.5) is 0 Å². The standard InChI is InChI=1S/C59H58N4O26/c64-23-37-42(69)46(73)52(83-37)60-13-1-5-28(19-60)56(77)81-32-10-11-33-35(18-32)82-50(51(41(33)68)89-59(80)31-8-4-16-63(22-31)55-49(76)45(72)40(26-67)86-55)27-9-12-34(87-57(78)29-6-2-14-61(20-29)53-47(74)43(70)38(24-65)84-53)36(17-27)88-58(79)30-7-3-15-62(21-30)54-48(75)44(71)39(25-66)85-54/h1-22,37-40,42-49,52-55,64-67,69-76H,23-26H2/q+4/t37-,38-,39-,40-,42-,43-,44-,45-,46-,47-,48-,49-,52?,53?,54?,55?/m1/s1. The summed E-state index contributed by atoms with van der Waals surface area (Å²) in [5.41, 5.74) is -2.30. The van der Waals surface area contributed by atoms with Crippen LogP contribution in [0.5, 0.6) is 23.0 Å². The summed E-state index contributed by atoms with van der Waals surface area (Å²) in [7, 11) is 0. The van der Waals surface area contributed by atoms with Crippen molar-refractivity contribution >= 4 is 34.8 Å². The molecule has 4 unspecified atom stereocenters. The molecule has 0 spiro atoms. The number of hydrogen-bond donors (Lipinski definition) is 12. The van der Waals surface area contributed by atoms with Crippen LogP contribution in [0.3, 0.4) is 0 Å². The number of hydrogen-bond acceptors (Lipinski definition) is 26. The predicted octanol–water partition coefficient (Wildman–Crippen LogP) is -4.07. The molecule has 5 aromatic heterocycles. The monoisotopic (exact) mass is 1240 g/mol. The van der Waals surface area contributed by atoms with E-state index >= 15 is 0 Å². The van der Waals surface area contributed by atoms with Crippen molar-refractivity contribution in [2.24, 2.45) is 0 Å². The fraction of sp³-hybridized carbons (Fsp3) is 0.339. The second-order valence-electron chi connectivity index (χ2n) is 21.0. The van der Waals surface area contributed by atoms with Crippen molar-refractivity contribution in [3.8, 4) is 34.3 Å². The minimum absolute atomic E-state index is 0.0914. The lowest BCUT2D eigenvalue weighted by atomic mass is 10.1. The number of aromatic nitrogens is 4. The van der Waals surface area contributed by atoms with Crippen molar-refractivity contribution in [2.45, 2.75) is 98.2 Å². The Morgan fingerprint density at radius 1 is 0.416 bits per heavy atom. The number of benzene rings is 2. The molecule has 4 fully saturated rings. The fourth-order valence-electron chi connectivity index (χ4n) is 10.5. The normalized spacial score (nSPS) is 28.2. The molecule has 0 aliphatic carbocycles. The zero-order valence-corrected chi connectivity index (χ0v) is 46.1. The van der Waals surface area contributed by atoms with Crippen LogP contribution >= 0.6 is 0 Å². The molecule has 4 saturated heterocycles. The van der Waals surface area contributed by atoms with Crippen LogP contribution in [-0.4, -0.2) is 185 Å². The maximum atomic E-state index is 14.9. The number of esters is 4. The van der Waals surface area contributed by atoms with E-state index in [0.29, 0.717) is 0 Å². The second kappa shape index (κ2) is 25.9.